The van der Waals surface area contributed by atoms with E-state index in [1.807, 2.05) is 37.3 Å². The van der Waals surface area contributed by atoms with Crippen LogP contribution < -0.4 is 11.3 Å². The van der Waals surface area contributed by atoms with Crippen LogP contribution in [0.5, 0.6) is 0 Å². The van der Waals surface area contributed by atoms with Crippen molar-refractivity contribution >= 4 is 21.6 Å². The van der Waals surface area contributed by atoms with E-state index in [4.69, 9.17) is 5.73 Å². The molecule has 0 aliphatic rings. The second-order valence-electron chi connectivity index (χ2n) is 3.55. The molecule has 2 rings (SSSR count). The molecule has 2 aromatic rings. The molecule has 0 aliphatic carbocycles. The van der Waals surface area contributed by atoms with Gasteiger partial charge in [-0.25, -0.2) is 0 Å². The van der Waals surface area contributed by atoms with E-state index in [1.165, 1.54) is 0 Å². The minimum Gasteiger partial charge on any atom is -0.394 e. The molecule has 0 amide bonds. The van der Waals surface area contributed by atoms with E-state index in [-0.39, 0.29) is 11.2 Å². The van der Waals surface area contributed by atoms with Gasteiger partial charge in [0.15, 0.2) is 0 Å². The molecule has 0 saturated carbocycles. The van der Waals surface area contributed by atoms with Gasteiger partial charge in [-0.1, -0.05) is 15.9 Å². The summed E-state index contributed by atoms with van der Waals surface area (Å²) in [6.07, 6.45) is 0. The standard InChI is InChI=1S/C12H11BrN2O/c1-8-2-7-11(14)12(16)15(8)10-5-3-9(13)4-6-10/h2-7H,14H2,1H3. The number of aromatic nitrogens is 1. The number of nitrogens with two attached hydrogens (primary N) is 1. The fourth-order valence-corrected chi connectivity index (χ4v) is 1.82. The number of pyridine rings is 1. The number of hydrogen-bond donors (Lipinski definition) is 1. The zero-order chi connectivity index (χ0) is 11.7. The first-order valence-corrected chi connectivity index (χ1v) is 5.63. The van der Waals surface area contributed by atoms with Crippen LogP contribution in [0.4, 0.5) is 5.69 Å². The Morgan fingerprint density at radius 1 is 1.12 bits per heavy atom. The SMILES string of the molecule is Cc1ccc(N)c(=O)n1-c1ccc(Br)cc1. The van der Waals surface area contributed by atoms with E-state index in [1.54, 1.807) is 10.6 Å². The molecule has 0 aliphatic heterocycles. The van der Waals surface area contributed by atoms with Crippen LogP contribution in [0.1, 0.15) is 5.69 Å². The number of nitrogens with zero attached hydrogens (tertiary/aromatic N) is 1. The summed E-state index contributed by atoms with van der Waals surface area (Å²) < 4.78 is 2.58. The zero-order valence-electron chi connectivity index (χ0n) is 8.77. The minimum absolute atomic E-state index is 0.178. The lowest BCUT2D eigenvalue weighted by Crippen LogP contribution is -2.22. The van der Waals surface area contributed by atoms with E-state index < -0.39 is 0 Å². The first-order valence-electron chi connectivity index (χ1n) is 4.83. The van der Waals surface area contributed by atoms with E-state index >= 15 is 0 Å². The van der Waals surface area contributed by atoms with Gasteiger partial charge in [-0.15, -0.1) is 0 Å². The van der Waals surface area contributed by atoms with Crippen LogP contribution in [-0.2, 0) is 0 Å². The fraction of sp³-hybridized carbons (Fsp3) is 0.0833. The minimum atomic E-state index is -0.178. The maximum absolute atomic E-state index is 11.9. The summed E-state index contributed by atoms with van der Waals surface area (Å²) in [6, 6.07) is 11.0. The van der Waals surface area contributed by atoms with Crippen molar-refractivity contribution in [1.82, 2.24) is 4.57 Å². The first kappa shape index (κ1) is 11.0. The number of benzene rings is 1. The molecule has 2 N–H and O–H groups in total. The van der Waals surface area contributed by atoms with Gasteiger partial charge in [-0.3, -0.25) is 9.36 Å². The third kappa shape index (κ3) is 1.88. The van der Waals surface area contributed by atoms with Crippen molar-refractivity contribution < 1.29 is 0 Å². The average Bonchev–Trinajstić information content (AvgIpc) is 2.27. The molecule has 1 heterocycles. The van der Waals surface area contributed by atoms with E-state index in [2.05, 4.69) is 15.9 Å². The molecule has 3 nitrogen and oxygen atoms in total. The third-order valence-electron chi connectivity index (χ3n) is 2.39. The molecule has 1 aromatic carbocycles. The van der Waals surface area contributed by atoms with Gasteiger partial charge in [0.25, 0.3) is 5.56 Å². The van der Waals surface area contributed by atoms with Crippen LogP contribution in [0.15, 0.2) is 45.7 Å². The number of nitrogen functional groups attached to an aromatic ring is 1. The van der Waals surface area contributed by atoms with Gasteiger partial charge >= 0.3 is 0 Å². The van der Waals surface area contributed by atoms with Gasteiger partial charge in [0.2, 0.25) is 0 Å². The van der Waals surface area contributed by atoms with Crippen molar-refractivity contribution in [3.05, 3.63) is 56.9 Å². The topological polar surface area (TPSA) is 48.0 Å². The van der Waals surface area contributed by atoms with Gasteiger partial charge in [-0.2, -0.15) is 0 Å². The Labute approximate surface area is 102 Å². The Morgan fingerprint density at radius 3 is 2.38 bits per heavy atom. The van der Waals surface area contributed by atoms with Crippen molar-refractivity contribution in [2.24, 2.45) is 0 Å². The maximum Gasteiger partial charge on any atom is 0.278 e. The number of halogens is 1. The Kier molecular flexibility index (Phi) is 2.83. The maximum atomic E-state index is 11.9. The molecule has 0 spiro atoms. The van der Waals surface area contributed by atoms with Crippen LogP contribution in [0.3, 0.4) is 0 Å². The van der Waals surface area contributed by atoms with Crippen molar-refractivity contribution in [2.75, 3.05) is 5.73 Å². The van der Waals surface area contributed by atoms with Crippen LogP contribution in [0.25, 0.3) is 5.69 Å². The van der Waals surface area contributed by atoms with Crippen LogP contribution in [-0.4, -0.2) is 4.57 Å². The number of aryl methyl sites for hydroxylation is 1. The molecular formula is C12H11BrN2O. The largest absolute Gasteiger partial charge is 0.394 e. The Hall–Kier alpha value is -1.55. The summed E-state index contributed by atoms with van der Waals surface area (Å²) in [7, 11) is 0. The highest BCUT2D eigenvalue weighted by Crippen LogP contribution is 2.14. The van der Waals surface area contributed by atoms with E-state index in [9.17, 15) is 4.79 Å². The second-order valence-corrected chi connectivity index (χ2v) is 4.46. The first-order chi connectivity index (χ1) is 7.59. The molecule has 4 heteroatoms. The molecule has 0 atom stereocenters. The molecule has 0 fully saturated rings. The molecule has 0 saturated heterocycles. The van der Waals surface area contributed by atoms with Gasteiger partial charge in [-0.05, 0) is 43.3 Å². The molecular weight excluding hydrogens is 268 g/mol. The number of anilines is 1. The summed E-state index contributed by atoms with van der Waals surface area (Å²) >= 11 is 3.36. The van der Waals surface area contributed by atoms with Crippen LogP contribution >= 0.6 is 15.9 Å². The predicted octanol–water partition coefficient (Wildman–Crippen LogP) is 2.49. The van der Waals surface area contributed by atoms with Crippen molar-refractivity contribution in [2.45, 2.75) is 6.92 Å². The Balaban J connectivity index is 2.69. The normalized spacial score (nSPS) is 10.4. The fourth-order valence-electron chi connectivity index (χ4n) is 1.56. The smallest absolute Gasteiger partial charge is 0.278 e. The molecule has 82 valence electrons. The molecule has 16 heavy (non-hydrogen) atoms. The Morgan fingerprint density at radius 2 is 1.75 bits per heavy atom. The predicted molar refractivity (Wildman–Crippen MR) is 68.9 cm³/mol. The zero-order valence-corrected chi connectivity index (χ0v) is 10.4. The monoisotopic (exact) mass is 278 g/mol. The molecule has 1 aromatic heterocycles. The van der Waals surface area contributed by atoms with Gasteiger partial charge in [0.05, 0.1) is 5.69 Å². The van der Waals surface area contributed by atoms with Crippen molar-refractivity contribution in [3.8, 4) is 5.69 Å². The lowest BCUT2D eigenvalue weighted by atomic mass is 10.2. The Bertz CT molecular complexity index is 573. The van der Waals surface area contributed by atoms with E-state index in [0.717, 1.165) is 15.9 Å². The number of hydrogen-bond acceptors (Lipinski definition) is 2. The lowest BCUT2D eigenvalue weighted by molar-refractivity contribution is 0.938. The van der Waals surface area contributed by atoms with Gasteiger partial charge in [0, 0.05) is 15.9 Å². The summed E-state index contributed by atoms with van der Waals surface area (Å²) in [4.78, 5) is 11.9. The molecule has 0 unspecified atom stereocenters. The van der Waals surface area contributed by atoms with Gasteiger partial charge < -0.3 is 5.73 Å². The molecule has 0 bridgehead atoms. The van der Waals surface area contributed by atoms with Gasteiger partial charge in [0.1, 0.15) is 0 Å². The summed E-state index contributed by atoms with van der Waals surface area (Å²) in [5.74, 6) is 0. The summed E-state index contributed by atoms with van der Waals surface area (Å²) in [5.41, 5.74) is 7.37. The van der Waals surface area contributed by atoms with Crippen LogP contribution in [0.2, 0.25) is 0 Å². The highest BCUT2D eigenvalue weighted by molar-refractivity contribution is 9.10. The number of rotatable bonds is 1. The quantitative estimate of drug-likeness (QED) is 0.871. The lowest BCUT2D eigenvalue weighted by Gasteiger charge is -2.10. The highest BCUT2D eigenvalue weighted by Gasteiger charge is 2.05. The highest BCUT2D eigenvalue weighted by atomic mass is 79.9. The second kappa shape index (κ2) is 4.14. The van der Waals surface area contributed by atoms with Crippen molar-refractivity contribution in [3.63, 3.8) is 0 Å². The van der Waals surface area contributed by atoms with Crippen molar-refractivity contribution in [1.29, 1.82) is 0 Å². The average molecular weight is 279 g/mol. The summed E-state index contributed by atoms with van der Waals surface area (Å²) in [5, 5.41) is 0. The van der Waals surface area contributed by atoms with Crippen LogP contribution in [0, 0.1) is 6.92 Å². The van der Waals surface area contributed by atoms with E-state index in [0.29, 0.717) is 0 Å². The third-order valence-corrected chi connectivity index (χ3v) is 2.92. The molecule has 0 radical (unpaired) electrons. The summed E-state index contributed by atoms with van der Waals surface area (Å²) in [6.45, 7) is 1.88.